The highest BCUT2D eigenvalue weighted by atomic mass is 32.2. The van der Waals surface area contributed by atoms with Gasteiger partial charge in [0.05, 0.1) is 6.04 Å². The number of carboxylic acid groups (broad SMARTS) is 1. The number of nitrogens with zero attached hydrogens (tertiary/aromatic N) is 1. The summed E-state index contributed by atoms with van der Waals surface area (Å²) in [5, 5.41) is 9.17. The third-order valence-corrected chi connectivity index (χ3v) is 6.63. The molecule has 0 radical (unpaired) electrons. The molecule has 1 spiro atoms. The monoisotopic (exact) mass is 336 g/mol. The average molecular weight is 336 g/mol. The summed E-state index contributed by atoms with van der Waals surface area (Å²) in [4.78, 5) is 12.6. The van der Waals surface area contributed by atoms with Crippen LogP contribution in [0.3, 0.4) is 0 Å². The van der Waals surface area contributed by atoms with Crippen LogP contribution < -0.4 is 4.72 Å². The van der Waals surface area contributed by atoms with E-state index >= 15 is 0 Å². The third kappa shape index (κ3) is 2.73. The second kappa shape index (κ2) is 5.69. The zero-order chi connectivity index (χ0) is 16.8. The van der Waals surface area contributed by atoms with Gasteiger partial charge < -0.3 is 14.6 Å². The first-order valence-electron chi connectivity index (χ1n) is 8.01. The van der Waals surface area contributed by atoms with E-state index in [1.807, 2.05) is 32.9 Å². The lowest BCUT2D eigenvalue weighted by Gasteiger charge is -2.54. The van der Waals surface area contributed by atoms with Crippen LogP contribution >= 0.6 is 0 Å². The van der Waals surface area contributed by atoms with Crippen LogP contribution in [0.1, 0.15) is 50.8 Å². The number of nitrogens with one attached hydrogen (secondary N) is 1. The van der Waals surface area contributed by atoms with Gasteiger partial charge in [-0.2, -0.15) is 0 Å². The van der Waals surface area contributed by atoms with E-state index in [0.29, 0.717) is 13.1 Å². The molecule has 1 aromatic carbocycles. The van der Waals surface area contributed by atoms with Crippen molar-refractivity contribution in [2.24, 2.45) is 0 Å². The summed E-state index contributed by atoms with van der Waals surface area (Å²) in [5.74, 6) is 0. The summed E-state index contributed by atoms with van der Waals surface area (Å²) in [6.45, 7) is 6.94. The van der Waals surface area contributed by atoms with Crippen LogP contribution in [0.15, 0.2) is 24.3 Å². The molecule has 0 bridgehead atoms. The highest BCUT2D eigenvalue weighted by molar-refractivity contribution is 7.90. The topological polar surface area (TPSA) is 75.6 Å². The van der Waals surface area contributed by atoms with Crippen molar-refractivity contribution in [2.45, 2.75) is 49.8 Å². The first-order chi connectivity index (χ1) is 10.8. The maximum Gasteiger partial charge on any atom is 0.407 e. The minimum absolute atomic E-state index is 0.0368. The second-order valence-electron chi connectivity index (χ2n) is 7.44. The van der Waals surface area contributed by atoms with E-state index in [-0.39, 0.29) is 16.2 Å². The Morgan fingerprint density at radius 3 is 2.52 bits per heavy atom. The zero-order valence-electron chi connectivity index (χ0n) is 13.8. The zero-order valence-corrected chi connectivity index (χ0v) is 14.7. The molecule has 2 N–H and O–H groups in total. The maximum atomic E-state index is 12.6. The van der Waals surface area contributed by atoms with E-state index in [9.17, 15) is 14.5 Å². The van der Waals surface area contributed by atoms with Gasteiger partial charge in [0.2, 0.25) is 0 Å². The summed E-state index contributed by atoms with van der Waals surface area (Å²) in [7, 11) is 0. The summed E-state index contributed by atoms with van der Waals surface area (Å²) in [5.41, 5.74) is 2.39. The van der Waals surface area contributed by atoms with E-state index in [1.54, 1.807) is 0 Å². The minimum atomic E-state index is -1.15. The Bertz CT molecular complexity index is 606. The van der Waals surface area contributed by atoms with Crippen molar-refractivity contribution in [3.63, 3.8) is 0 Å². The number of amides is 1. The Morgan fingerprint density at radius 2 is 1.96 bits per heavy atom. The average Bonchev–Trinajstić information content (AvgIpc) is 2.51. The molecule has 2 aliphatic rings. The first-order valence-corrected chi connectivity index (χ1v) is 9.16. The first kappa shape index (κ1) is 16.6. The molecule has 126 valence electrons. The van der Waals surface area contributed by atoms with Crippen LogP contribution in [0.25, 0.3) is 0 Å². The molecule has 23 heavy (non-hydrogen) atoms. The largest absolute Gasteiger partial charge is 0.598 e. The van der Waals surface area contributed by atoms with E-state index in [0.717, 1.165) is 12.8 Å². The molecule has 0 aromatic heterocycles. The van der Waals surface area contributed by atoms with Crippen molar-refractivity contribution in [3.8, 4) is 0 Å². The number of piperidine rings is 1. The van der Waals surface area contributed by atoms with Crippen molar-refractivity contribution >= 4 is 17.5 Å². The van der Waals surface area contributed by atoms with Gasteiger partial charge in [0.25, 0.3) is 0 Å². The number of hydrogen-bond donors (Lipinski definition) is 2. The molecule has 6 heteroatoms. The van der Waals surface area contributed by atoms with Crippen LogP contribution in [-0.2, 0) is 16.8 Å². The number of fused-ring (bicyclic) bond motifs is 2. The summed E-state index contributed by atoms with van der Waals surface area (Å²) in [6.07, 6.45) is 0.695. The fourth-order valence-corrected chi connectivity index (χ4v) is 4.61. The summed E-state index contributed by atoms with van der Waals surface area (Å²) >= 11 is -1.15. The van der Waals surface area contributed by atoms with Crippen molar-refractivity contribution in [2.75, 3.05) is 13.1 Å². The summed E-state index contributed by atoms with van der Waals surface area (Å²) in [6, 6.07) is 8.29. The molecule has 0 unspecified atom stereocenters. The highest BCUT2D eigenvalue weighted by Crippen LogP contribution is 2.56. The van der Waals surface area contributed by atoms with Gasteiger partial charge in [0.1, 0.15) is 4.75 Å². The molecule has 1 aliphatic carbocycles. The molecule has 1 aliphatic heterocycles. The molecule has 0 saturated carbocycles. The van der Waals surface area contributed by atoms with Gasteiger partial charge in [-0.25, -0.2) is 4.79 Å². The molecule has 1 aromatic rings. The third-order valence-electron chi connectivity index (χ3n) is 5.07. The number of carbonyl (C=O) groups is 1. The number of likely N-dealkylation sites (tertiary alicyclic amines) is 1. The highest BCUT2D eigenvalue weighted by Gasteiger charge is 2.55. The SMILES string of the molecule is CC(C)(C)[S@@+]([O-])N[C@H]1c2ccccc2C12CCN(C(=O)O)CC2. The van der Waals surface area contributed by atoms with Crippen molar-refractivity contribution in [1.82, 2.24) is 9.62 Å². The van der Waals surface area contributed by atoms with E-state index in [2.05, 4.69) is 16.9 Å². The van der Waals surface area contributed by atoms with E-state index in [1.165, 1.54) is 16.0 Å². The summed E-state index contributed by atoms with van der Waals surface area (Å²) < 4.78 is 15.6. The van der Waals surface area contributed by atoms with Gasteiger partial charge in [0, 0.05) is 29.9 Å². The second-order valence-corrected chi connectivity index (χ2v) is 9.44. The van der Waals surface area contributed by atoms with Gasteiger partial charge in [-0.05, 0) is 44.7 Å². The van der Waals surface area contributed by atoms with Crippen LogP contribution in [-0.4, -0.2) is 38.5 Å². The van der Waals surface area contributed by atoms with Crippen LogP contribution in [0.4, 0.5) is 4.79 Å². The molecule has 1 fully saturated rings. The minimum Gasteiger partial charge on any atom is -0.598 e. The van der Waals surface area contributed by atoms with Crippen LogP contribution in [0, 0.1) is 0 Å². The fourth-order valence-electron chi connectivity index (χ4n) is 3.69. The van der Waals surface area contributed by atoms with E-state index in [4.69, 9.17) is 0 Å². The van der Waals surface area contributed by atoms with Gasteiger partial charge >= 0.3 is 6.09 Å². The quantitative estimate of drug-likeness (QED) is 0.814. The lowest BCUT2D eigenvalue weighted by molar-refractivity contribution is 0.0952. The molecule has 3 rings (SSSR count). The van der Waals surface area contributed by atoms with E-state index < -0.39 is 17.5 Å². The predicted molar refractivity (Wildman–Crippen MR) is 90.7 cm³/mol. The molecule has 5 nitrogen and oxygen atoms in total. The molecule has 1 heterocycles. The Balaban J connectivity index is 1.85. The van der Waals surface area contributed by atoms with Crippen molar-refractivity contribution in [3.05, 3.63) is 35.4 Å². The predicted octanol–water partition coefficient (Wildman–Crippen LogP) is 2.80. The smallest absolute Gasteiger partial charge is 0.407 e. The Labute approximate surface area is 140 Å². The fraction of sp³-hybridized carbons (Fsp3) is 0.588. The van der Waals surface area contributed by atoms with Crippen molar-refractivity contribution in [1.29, 1.82) is 0 Å². The van der Waals surface area contributed by atoms with Crippen LogP contribution in [0.2, 0.25) is 0 Å². The van der Waals surface area contributed by atoms with Crippen molar-refractivity contribution < 1.29 is 14.5 Å². The lowest BCUT2D eigenvalue weighted by Crippen LogP contribution is -2.58. The molecular formula is C17H24N2O3S. The Morgan fingerprint density at radius 1 is 1.35 bits per heavy atom. The molecule has 1 amide bonds. The number of benzene rings is 1. The number of rotatable bonds is 2. The number of hydrogen-bond acceptors (Lipinski definition) is 3. The molecule has 2 atom stereocenters. The lowest BCUT2D eigenvalue weighted by atomic mass is 9.56. The Hall–Kier alpha value is -1.24. The standard InChI is InChI=1S/C17H24N2O3S/c1-16(2,3)23(22)18-14-12-6-4-5-7-13(12)17(14)8-10-19(11-9-17)15(20)21/h4-7,14,18H,8-11H2,1-3H3,(H,20,21)/t14-,23+/m0/s1. The Kier molecular flexibility index (Phi) is 4.11. The van der Waals surface area contributed by atoms with Gasteiger partial charge in [-0.15, -0.1) is 4.72 Å². The molecule has 1 saturated heterocycles. The van der Waals surface area contributed by atoms with Gasteiger partial charge in [-0.3, -0.25) is 0 Å². The van der Waals surface area contributed by atoms with Gasteiger partial charge in [-0.1, -0.05) is 24.3 Å². The molecular weight excluding hydrogens is 312 g/mol. The maximum absolute atomic E-state index is 12.6. The normalized spacial score (nSPS) is 24.0. The van der Waals surface area contributed by atoms with Gasteiger partial charge in [0.15, 0.2) is 0 Å². The van der Waals surface area contributed by atoms with Crippen LogP contribution in [0.5, 0.6) is 0 Å².